The summed E-state index contributed by atoms with van der Waals surface area (Å²) in [5.41, 5.74) is 6.68. The zero-order valence-corrected chi connectivity index (χ0v) is 11.0. The predicted molar refractivity (Wildman–Crippen MR) is 70.8 cm³/mol. The zero-order chi connectivity index (χ0) is 13.7. The first-order valence-electron chi connectivity index (χ1n) is 5.90. The maximum atomic E-state index is 13.8. The summed E-state index contributed by atoms with van der Waals surface area (Å²) in [6, 6.07) is 4.91. The molecule has 5 heteroatoms. The maximum absolute atomic E-state index is 13.8. The summed E-state index contributed by atoms with van der Waals surface area (Å²) in [7, 11) is 3.36. The lowest BCUT2D eigenvalue weighted by molar-refractivity contribution is -0.123. The van der Waals surface area contributed by atoms with Crippen LogP contribution in [0, 0.1) is 11.7 Å². The number of anilines is 1. The Balaban J connectivity index is 2.78. The summed E-state index contributed by atoms with van der Waals surface area (Å²) < 4.78 is 13.8. The van der Waals surface area contributed by atoms with Gasteiger partial charge in [-0.1, -0.05) is 13.0 Å². The molecule has 18 heavy (non-hydrogen) atoms. The van der Waals surface area contributed by atoms with Crippen molar-refractivity contribution in [3.63, 3.8) is 0 Å². The monoisotopic (exact) mass is 253 g/mol. The Morgan fingerprint density at radius 3 is 2.72 bits per heavy atom. The summed E-state index contributed by atoms with van der Waals surface area (Å²) in [5.74, 6) is -0.570. The van der Waals surface area contributed by atoms with Crippen molar-refractivity contribution in [1.82, 2.24) is 5.32 Å². The van der Waals surface area contributed by atoms with Gasteiger partial charge in [-0.25, -0.2) is 4.39 Å². The van der Waals surface area contributed by atoms with Gasteiger partial charge in [0, 0.05) is 27.2 Å². The Bertz CT molecular complexity index is 423. The van der Waals surface area contributed by atoms with E-state index in [2.05, 4.69) is 5.32 Å². The third kappa shape index (κ3) is 3.43. The second-order valence-electron chi connectivity index (χ2n) is 4.39. The standard InChI is InChI=1S/C13H20FN3O/c1-9(13(18)16-2)8-17(3)12-5-4-10(7-15)6-11(12)14/h4-6,9H,7-8,15H2,1-3H3,(H,16,18). The molecule has 1 unspecified atom stereocenters. The van der Waals surface area contributed by atoms with Crippen LogP contribution in [0.5, 0.6) is 0 Å². The second-order valence-corrected chi connectivity index (χ2v) is 4.39. The van der Waals surface area contributed by atoms with Crippen molar-refractivity contribution in [2.45, 2.75) is 13.5 Å². The van der Waals surface area contributed by atoms with Gasteiger partial charge in [-0.2, -0.15) is 0 Å². The molecule has 0 radical (unpaired) electrons. The van der Waals surface area contributed by atoms with E-state index in [0.29, 0.717) is 18.8 Å². The van der Waals surface area contributed by atoms with Gasteiger partial charge in [0.15, 0.2) is 0 Å². The maximum Gasteiger partial charge on any atom is 0.224 e. The molecule has 1 aromatic carbocycles. The SMILES string of the molecule is CNC(=O)C(C)CN(C)c1ccc(CN)cc1F. The van der Waals surface area contributed by atoms with Gasteiger partial charge in [-0.3, -0.25) is 4.79 Å². The average Bonchev–Trinajstić information content (AvgIpc) is 2.37. The van der Waals surface area contributed by atoms with Gasteiger partial charge in [0.2, 0.25) is 5.91 Å². The van der Waals surface area contributed by atoms with E-state index < -0.39 is 0 Å². The van der Waals surface area contributed by atoms with Crippen LogP contribution >= 0.6 is 0 Å². The second kappa shape index (κ2) is 6.35. The van der Waals surface area contributed by atoms with Crippen molar-refractivity contribution in [1.29, 1.82) is 0 Å². The third-order valence-corrected chi connectivity index (χ3v) is 2.90. The lowest BCUT2D eigenvalue weighted by atomic mass is 10.1. The van der Waals surface area contributed by atoms with Crippen LogP contribution < -0.4 is 16.0 Å². The van der Waals surface area contributed by atoms with Gasteiger partial charge in [-0.05, 0) is 17.7 Å². The Morgan fingerprint density at radius 2 is 2.22 bits per heavy atom. The molecule has 0 saturated heterocycles. The van der Waals surface area contributed by atoms with E-state index in [9.17, 15) is 9.18 Å². The highest BCUT2D eigenvalue weighted by atomic mass is 19.1. The van der Waals surface area contributed by atoms with Crippen LogP contribution in [0.1, 0.15) is 12.5 Å². The van der Waals surface area contributed by atoms with Crippen molar-refractivity contribution >= 4 is 11.6 Å². The third-order valence-electron chi connectivity index (χ3n) is 2.90. The largest absolute Gasteiger partial charge is 0.371 e. The quantitative estimate of drug-likeness (QED) is 0.826. The molecule has 100 valence electrons. The fourth-order valence-electron chi connectivity index (χ4n) is 1.83. The topological polar surface area (TPSA) is 58.4 Å². The highest BCUT2D eigenvalue weighted by Crippen LogP contribution is 2.20. The molecule has 0 fully saturated rings. The zero-order valence-electron chi connectivity index (χ0n) is 11.0. The fourth-order valence-corrected chi connectivity index (χ4v) is 1.83. The fraction of sp³-hybridized carbons (Fsp3) is 0.462. The van der Waals surface area contributed by atoms with Crippen LogP contribution in [0.15, 0.2) is 18.2 Å². The molecule has 0 aliphatic rings. The van der Waals surface area contributed by atoms with E-state index in [1.807, 2.05) is 6.92 Å². The van der Waals surface area contributed by atoms with Crippen LogP contribution in [0.25, 0.3) is 0 Å². The van der Waals surface area contributed by atoms with E-state index in [1.165, 1.54) is 6.07 Å². The minimum absolute atomic E-state index is 0.0548. The smallest absolute Gasteiger partial charge is 0.224 e. The van der Waals surface area contributed by atoms with Gasteiger partial charge >= 0.3 is 0 Å². The molecular formula is C13H20FN3O. The van der Waals surface area contributed by atoms with Crippen molar-refractivity contribution in [3.8, 4) is 0 Å². The molecule has 0 bridgehead atoms. The van der Waals surface area contributed by atoms with Gasteiger partial charge in [0.05, 0.1) is 11.6 Å². The van der Waals surface area contributed by atoms with Gasteiger partial charge in [0.25, 0.3) is 0 Å². The number of benzene rings is 1. The Morgan fingerprint density at radius 1 is 1.56 bits per heavy atom. The van der Waals surface area contributed by atoms with E-state index in [0.717, 1.165) is 5.56 Å². The van der Waals surface area contributed by atoms with Crippen molar-refractivity contribution in [3.05, 3.63) is 29.6 Å². The van der Waals surface area contributed by atoms with Gasteiger partial charge < -0.3 is 16.0 Å². The minimum atomic E-state index is -0.315. The molecule has 0 saturated carbocycles. The lowest BCUT2D eigenvalue weighted by Gasteiger charge is -2.23. The number of nitrogens with zero attached hydrogens (tertiary/aromatic N) is 1. The Hall–Kier alpha value is -1.62. The number of hydrogen-bond acceptors (Lipinski definition) is 3. The number of hydrogen-bond donors (Lipinski definition) is 2. The highest BCUT2D eigenvalue weighted by Gasteiger charge is 2.16. The summed E-state index contributed by atoms with van der Waals surface area (Å²) in [6.45, 7) is 2.58. The number of nitrogens with two attached hydrogens (primary N) is 1. The van der Waals surface area contributed by atoms with Gasteiger partial charge in [-0.15, -0.1) is 0 Å². The van der Waals surface area contributed by atoms with E-state index in [4.69, 9.17) is 5.73 Å². The number of halogens is 1. The first kappa shape index (κ1) is 14.4. The first-order valence-corrected chi connectivity index (χ1v) is 5.90. The summed E-state index contributed by atoms with van der Waals surface area (Å²) in [5, 5.41) is 2.58. The van der Waals surface area contributed by atoms with Crippen molar-refractivity contribution in [2.24, 2.45) is 11.7 Å². The summed E-state index contributed by atoms with van der Waals surface area (Å²) >= 11 is 0. The molecule has 0 aromatic heterocycles. The van der Waals surface area contributed by atoms with Crippen molar-refractivity contribution < 1.29 is 9.18 Å². The molecule has 1 amide bonds. The van der Waals surface area contributed by atoms with Crippen LogP contribution in [-0.4, -0.2) is 26.5 Å². The molecular weight excluding hydrogens is 233 g/mol. The van der Waals surface area contributed by atoms with Crippen molar-refractivity contribution in [2.75, 3.05) is 25.5 Å². The Labute approximate surface area is 107 Å². The molecule has 0 spiro atoms. The number of carbonyl (C=O) groups is 1. The first-order chi connectivity index (χ1) is 8.49. The van der Waals surface area contributed by atoms with Gasteiger partial charge in [0.1, 0.15) is 5.82 Å². The highest BCUT2D eigenvalue weighted by molar-refractivity contribution is 5.78. The molecule has 0 aliphatic heterocycles. The van der Waals surface area contributed by atoms with Crippen LogP contribution in [0.4, 0.5) is 10.1 Å². The molecule has 3 N–H and O–H groups in total. The van der Waals surface area contributed by atoms with Crippen LogP contribution in [-0.2, 0) is 11.3 Å². The van der Waals surface area contributed by atoms with E-state index in [-0.39, 0.29) is 17.6 Å². The molecule has 0 aliphatic carbocycles. The molecule has 1 aromatic rings. The van der Waals surface area contributed by atoms with E-state index in [1.54, 1.807) is 31.1 Å². The van der Waals surface area contributed by atoms with E-state index >= 15 is 0 Å². The summed E-state index contributed by atoms with van der Waals surface area (Å²) in [4.78, 5) is 13.1. The molecule has 0 heterocycles. The minimum Gasteiger partial charge on any atom is -0.371 e. The summed E-state index contributed by atoms with van der Waals surface area (Å²) in [6.07, 6.45) is 0. The number of amides is 1. The van der Waals surface area contributed by atoms with Crippen LogP contribution in [0.2, 0.25) is 0 Å². The Kier molecular flexibility index (Phi) is 5.09. The molecule has 1 rings (SSSR count). The normalized spacial score (nSPS) is 12.1. The predicted octanol–water partition coefficient (Wildman–Crippen LogP) is 1.10. The molecule has 4 nitrogen and oxygen atoms in total. The number of carbonyl (C=O) groups excluding carboxylic acids is 1. The molecule has 1 atom stereocenters. The lowest BCUT2D eigenvalue weighted by Crippen LogP contribution is -2.34. The average molecular weight is 253 g/mol. The van der Waals surface area contributed by atoms with Crippen LogP contribution in [0.3, 0.4) is 0 Å². The number of rotatable bonds is 5. The number of nitrogens with one attached hydrogen (secondary N) is 1.